The summed E-state index contributed by atoms with van der Waals surface area (Å²) in [6, 6.07) is 13.4. The van der Waals surface area contributed by atoms with Crippen molar-refractivity contribution in [1.82, 2.24) is 0 Å². The van der Waals surface area contributed by atoms with E-state index < -0.39 is 5.82 Å². The Bertz CT molecular complexity index is 550. The molecule has 18 heavy (non-hydrogen) atoms. The highest BCUT2D eigenvalue weighted by Crippen LogP contribution is 2.17. The number of hydrogen-bond acceptors (Lipinski definition) is 2. The molecule has 0 saturated heterocycles. The second-order valence-electron chi connectivity index (χ2n) is 3.92. The lowest BCUT2D eigenvalue weighted by molar-refractivity contribution is 0.0992. The Kier molecular flexibility index (Phi) is 3.72. The highest BCUT2D eigenvalue weighted by molar-refractivity contribution is 5.97. The molecule has 0 radical (unpaired) electrons. The van der Waals surface area contributed by atoms with E-state index in [1.54, 1.807) is 36.4 Å². The average molecular weight is 244 g/mol. The summed E-state index contributed by atoms with van der Waals surface area (Å²) < 4.78 is 18.6. The molecule has 92 valence electrons. The van der Waals surface area contributed by atoms with Gasteiger partial charge in [0, 0.05) is 18.1 Å². The standard InChI is InChI=1S/C15H13FO2/c1-18-13-8-7-12(14(16)10-13)9-15(17)11-5-3-2-4-6-11/h2-8,10H,9H2,1H3. The second-order valence-corrected chi connectivity index (χ2v) is 3.92. The van der Waals surface area contributed by atoms with Crippen molar-refractivity contribution in [1.29, 1.82) is 0 Å². The number of ketones is 1. The van der Waals surface area contributed by atoms with Crippen LogP contribution in [0.15, 0.2) is 48.5 Å². The van der Waals surface area contributed by atoms with E-state index in [4.69, 9.17) is 4.74 Å². The molecule has 0 aliphatic carbocycles. The highest BCUT2D eigenvalue weighted by atomic mass is 19.1. The van der Waals surface area contributed by atoms with Gasteiger partial charge in [0.25, 0.3) is 0 Å². The molecule has 0 bridgehead atoms. The van der Waals surface area contributed by atoms with Crippen LogP contribution in [-0.2, 0) is 6.42 Å². The molecule has 0 amide bonds. The van der Waals surface area contributed by atoms with Crippen molar-refractivity contribution in [3.63, 3.8) is 0 Å². The lowest BCUT2D eigenvalue weighted by Crippen LogP contribution is -2.05. The number of benzene rings is 2. The molecule has 0 unspecified atom stereocenters. The molecule has 0 aliphatic heterocycles. The Balaban J connectivity index is 2.17. The number of halogens is 1. The molecule has 0 aliphatic rings. The summed E-state index contributed by atoms with van der Waals surface area (Å²) in [4.78, 5) is 11.9. The van der Waals surface area contributed by atoms with Crippen LogP contribution in [0.2, 0.25) is 0 Å². The molecule has 0 fully saturated rings. The van der Waals surface area contributed by atoms with Gasteiger partial charge in [-0.05, 0) is 11.6 Å². The van der Waals surface area contributed by atoms with Gasteiger partial charge >= 0.3 is 0 Å². The van der Waals surface area contributed by atoms with Gasteiger partial charge in [0.2, 0.25) is 0 Å². The lowest BCUT2D eigenvalue weighted by Gasteiger charge is -2.05. The largest absolute Gasteiger partial charge is 0.497 e. The molecule has 0 heterocycles. The molecule has 0 spiro atoms. The predicted octanol–water partition coefficient (Wildman–Crippen LogP) is 3.26. The summed E-state index contributed by atoms with van der Waals surface area (Å²) in [5.74, 6) is -0.0679. The van der Waals surface area contributed by atoms with Crippen LogP contribution in [-0.4, -0.2) is 12.9 Å². The van der Waals surface area contributed by atoms with Crippen molar-refractivity contribution in [2.45, 2.75) is 6.42 Å². The van der Waals surface area contributed by atoms with Gasteiger partial charge in [-0.3, -0.25) is 4.79 Å². The van der Waals surface area contributed by atoms with E-state index in [1.807, 2.05) is 6.07 Å². The van der Waals surface area contributed by atoms with Gasteiger partial charge < -0.3 is 4.74 Å². The molecule has 2 rings (SSSR count). The van der Waals surface area contributed by atoms with Gasteiger partial charge in [-0.15, -0.1) is 0 Å². The SMILES string of the molecule is COc1ccc(CC(=O)c2ccccc2)c(F)c1. The lowest BCUT2D eigenvalue weighted by atomic mass is 10.0. The Morgan fingerprint density at radius 1 is 1.17 bits per heavy atom. The van der Waals surface area contributed by atoms with Crippen molar-refractivity contribution in [3.05, 3.63) is 65.5 Å². The van der Waals surface area contributed by atoms with Gasteiger partial charge in [-0.1, -0.05) is 36.4 Å². The van der Waals surface area contributed by atoms with Crippen molar-refractivity contribution in [2.75, 3.05) is 7.11 Å². The zero-order chi connectivity index (χ0) is 13.0. The minimum Gasteiger partial charge on any atom is -0.497 e. The van der Waals surface area contributed by atoms with Crippen LogP contribution >= 0.6 is 0 Å². The van der Waals surface area contributed by atoms with Crippen LogP contribution in [0.1, 0.15) is 15.9 Å². The first-order valence-electron chi connectivity index (χ1n) is 5.61. The van der Waals surface area contributed by atoms with Gasteiger partial charge in [-0.25, -0.2) is 4.39 Å². The maximum Gasteiger partial charge on any atom is 0.167 e. The monoisotopic (exact) mass is 244 g/mol. The van der Waals surface area contributed by atoms with Gasteiger partial charge in [0.1, 0.15) is 11.6 Å². The van der Waals surface area contributed by atoms with Crippen LogP contribution in [0.4, 0.5) is 4.39 Å². The van der Waals surface area contributed by atoms with E-state index in [9.17, 15) is 9.18 Å². The van der Waals surface area contributed by atoms with Crippen LogP contribution in [0.3, 0.4) is 0 Å². The van der Waals surface area contributed by atoms with Crippen LogP contribution < -0.4 is 4.74 Å². The summed E-state index contributed by atoms with van der Waals surface area (Å²) in [5.41, 5.74) is 0.970. The fourth-order valence-corrected chi connectivity index (χ4v) is 1.70. The fraction of sp³-hybridized carbons (Fsp3) is 0.133. The topological polar surface area (TPSA) is 26.3 Å². The molecule has 2 aromatic rings. The van der Waals surface area contributed by atoms with E-state index in [0.717, 1.165) is 0 Å². The first-order valence-corrected chi connectivity index (χ1v) is 5.61. The smallest absolute Gasteiger partial charge is 0.167 e. The summed E-state index contributed by atoms with van der Waals surface area (Å²) in [6.45, 7) is 0. The number of carbonyl (C=O) groups excluding carboxylic acids is 1. The normalized spacial score (nSPS) is 10.1. The molecular weight excluding hydrogens is 231 g/mol. The fourth-order valence-electron chi connectivity index (χ4n) is 1.70. The van der Waals surface area contributed by atoms with Crippen molar-refractivity contribution in [2.24, 2.45) is 0 Å². The Morgan fingerprint density at radius 3 is 2.50 bits per heavy atom. The van der Waals surface area contributed by atoms with E-state index in [0.29, 0.717) is 16.9 Å². The predicted molar refractivity (Wildman–Crippen MR) is 67.4 cm³/mol. The summed E-state index contributed by atoms with van der Waals surface area (Å²) in [7, 11) is 1.48. The Hall–Kier alpha value is -2.16. The van der Waals surface area contributed by atoms with E-state index in [2.05, 4.69) is 0 Å². The maximum absolute atomic E-state index is 13.7. The number of Topliss-reactive ketones (excluding diaryl/α,β-unsaturated/α-hetero) is 1. The van der Waals surface area contributed by atoms with E-state index in [1.165, 1.54) is 13.2 Å². The van der Waals surface area contributed by atoms with Crippen LogP contribution in [0.25, 0.3) is 0 Å². The molecule has 3 heteroatoms. The first-order chi connectivity index (χ1) is 8.70. The number of carbonyl (C=O) groups is 1. The zero-order valence-electron chi connectivity index (χ0n) is 10.0. The Morgan fingerprint density at radius 2 is 1.89 bits per heavy atom. The number of hydrogen-bond donors (Lipinski definition) is 0. The highest BCUT2D eigenvalue weighted by Gasteiger charge is 2.10. The average Bonchev–Trinajstić information content (AvgIpc) is 2.42. The molecule has 2 aromatic carbocycles. The second kappa shape index (κ2) is 5.45. The van der Waals surface area contributed by atoms with Crippen LogP contribution in [0.5, 0.6) is 5.75 Å². The van der Waals surface area contributed by atoms with Crippen molar-refractivity contribution in [3.8, 4) is 5.75 Å². The van der Waals surface area contributed by atoms with Crippen LogP contribution in [0, 0.1) is 5.82 Å². The number of ether oxygens (including phenoxy) is 1. The van der Waals surface area contributed by atoms with E-state index >= 15 is 0 Å². The third-order valence-corrected chi connectivity index (χ3v) is 2.71. The molecule has 0 aromatic heterocycles. The van der Waals surface area contributed by atoms with Gasteiger partial charge in [0.05, 0.1) is 7.11 Å². The molecule has 0 saturated carbocycles. The zero-order valence-corrected chi connectivity index (χ0v) is 10.0. The van der Waals surface area contributed by atoms with Gasteiger partial charge in [0.15, 0.2) is 5.78 Å². The molecule has 0 atom stereocenters. The summed E-state index contributed by atoms with van der Waals surface area (Å²) >= 11 is 0. The number of methoxy groups -OCH3 is 1. The number of rotatable bonds is 4. The maximum atomic E-state index is 13.7. The first kappa shape index (κ1) is 12.3. The molecule has 2 nitrogen and oxygen atoms in total. The third kappa shape index (κ3) is 2.74. The van der Waals surface area contributed by atoms with Gasteiger partial charge in [-0.2, -0.15) is 0 Å². The third-order valence-electron chi connectivity index (χ3n) is 2.71. The minimum absolute atomic E-state index is 0.0554. The molecular formula is C15H13FO2. The van der Waals surface area contributed by atoms with E-state index in [-0.39, 0.29) is 12.2 Å². The minimum atomic E-state index is -0.418. The quantitative estimate of drug-likeness (QED) is 0.772. The van der Waals surface area contributed by atoms with Crippen molar-refractivity contribution >= 4 is 5.78 Å². The Labute approximate surface area is 105 Å². The van der Waals surface area contributed by atoms with Crippen molar-refractivity contribution < 1.29 is 13.9 Å². The molecule has 0 N–H and O–H groups in total. The summed E-state index contributed by atoms with van der Waals surface area (Å²) in [6.07, 6.45) is 0.0554. The summed E-state index contributed by atoms with van der Waals surface area (Å²) in [5, 5.41) is 0.